The van der Waals surface area contributed by atoms with E-state index >= 15 is 0 Å². The van der Waals surface area contributed by atoms with Gasteiger partial charge in [-0.25, -0.2) is 0 Å². The molecule has 1 aliphatic heterocycles. The Morgan fingerprint density at radius 1 is 1.31 bits per heavy atom. The number of thiophene rings is 1. The zero-order chi connectivity index (χ0) is 19.8. The lowest BCUT2D eigenvalue weighted by Gasteiger charge is -2.25. The summed E-state index contributed by atoms with van der Waals surface area (Å²) in [7, 11) is 0. The highest BCUT2D eigenvalue weighted by molar-refractivity contribution is 14.0. The van der Waals surface area contributed by atoms with Crippen LogP contribution in [0.1, 0.15) is 62.2 Å². The summed E-state index contributed by atoms with van der Waals surface area (Å²) in [5.41, 5.74) is 0. The van der Waals surface area contributed by atoms with Crippen molar-refractivity contribution < 1.29 is 4.52 Å². The van der Waals surface area contributed by atoms with Crippen molar-refractivity contribution in [3.05, 3.63) is 34.1 Å². The van der Waals surface area contributed by atoms with Gasteiger partial charge in [0.25, 0.3) is 0 Å². The molecule has 1 aliphatic rings. The van der Waals surface area contributed by atoms with Crippen molar-refractivity contribution in [2.45, 2.75) is 52.0 Å². The number of rotatable bonds is 9. The highest BCUT2D eigenvalue weighted by Crippen LogP contribution is 2.28. The minimum Gasteiger partial charge on any atom is -0.357 e. The quantitative estimate of drug-likeness (QED) is 0.291. The lowest BCUT2D eigenvalue weighted by molar-refractivity contribution is 0.255. The monoisotopic (exact) mass is 532 g/mol. The number of nitrogens with zero attached hydrogens (tertiary/aromatic N) is 4. The molecule has 1 saturated heterocycles. The van der Waals surface area contributed by atoms with E-state index in [0.29, 0.717) is 24.9 Å². The van der Waals surface area contributed by atoms with E-state index in [1.165, 1.54) is 17.7 Å². The lowest BCUT2D eigenvalue weighted by atomic mass is 10.2. The molecular formula is C20H33IN6OS. The number of hydrogen-bond donors (Lipinski definition) is 2. The maximum atomic E-state index is 5.32. The summed E-state index contributed by atoms with van der Waals surface area (Å²) < 4.78 is 5.32. The van der Waals surface area contributed by atoms with Gasteiger partial charge in [-0.15, -0.1) is 35.3 Å². The summed E-state index contributed by atoms with van der Waals surface area (Å²) >= 11 is 1.82. The molecular weight excluding hydrogens is 499 g/mol. The van der Waals surface area contributed by atoms with Crippen LogP contribution in [0.5, 0.6) is 0 Å². The van der Waals surface area contributed by atoms with Crippen LogP contribution in [0.4, 0.5) is 0 Å². The smallest absolute Gasteiger partial charge is 0.228 e. The molecule has 0 saturated carbocycles. The molecule has 1 atom stereocenters. The lowest BCUT2D eigenvalue weighted by Crippen LogP contribution is -2.39. The Kier molecular flexibility index (Phi) is 10.4. The molecule has 1 fully saturated rings. The minimum absolute atomic E-state index is 0. The second kappa shape index (κ2) is 12.5. The Balaban J connectivity index is 0.00000300. The van der Waals surface area contributed by atoms with Gasteiger partial charge < -0.3 is 15.2 Å². The molecule has 2 aromatic rings. The van der Waals surface area contributed by atoms with Gasteiger partial charge in [-0.3, -0.25) is 9.89 Å². The van der Waals surface area contributed by atoms with Crippen LogP contribution < -0.4 is 10.6 Å². The normalized spacial score (nSPS) is 16.1. The zero-order valence-electron chi connectivity index (χ0n) is 17.6. The first-order chi connectivity index (χ1) is 13.7. The van der Waals surface area contributed by atoms with E-state index in [0.717, 1.165) is 38.0 Å². The van der Waals surface area contributed by atoms with Gasteiger partial charge in [-0.2, -0.15) is 4.98 Å². The number of guanidine groups is 1. The summed E-state index contributed by atoms with van der Waals surface area (Å²) in [6, 6.07) is 4.72. The first kappa shape index (κ1) is 24.1. The van der Waals surface area contributed by atoms with Crippen LogP contribution in [0.15, 0.2) is 27.0 Å². The fraction of sp³-hybridized carbons (Fsp3) is 0.650. The van der Waals surface area contributed by atoms with Crippen LogP contribution in [0.3, 0.4) is 0 Å². The fourth-order valence-electron chi connectivity index (χ4n) is 3.33. The average Bonchev–Trinajstić information content (AvgIpc) is 3.44. The van der Waals surface area contributed by atoms with Gasteiger partial charge in [0.1, 0.15) is 0 Å². The molecule has 2 N–H and O–H groups in total. The van der Waals surface area contributed by atoms with Crippen molar-refractivity contribution >= 4 is 41.3 Å². The second-order valence-corrected chi connectivity index (χ2v) is 8.35. The average molecular weight is 532 g/mol. The molecule has 2 aromatic heterocycles. The molecule has 3 rings (SSSR count). The van der Waals surface area contributed by atoms with Gasteiger partial charge in [0.15, 0.2) is 11.8 Å². The SMILES string of the molecule is CCNC(=NCC(c1cccs1)N1CCCC1)NCCc1nc(C(C)C)no1.I. The number of hydrogen-bond acceptors (Lipinski definition) is 6. The van der Waals surface area contributed by atoms with Gasteiger partial charge in [-0.1, -0.05) is 25.1 Å². The molecule has 29 heavy (non-hydrogen) atoms. The molecule has 0 radical (unpaired) electrons. The predicted molar refractivity (Wildman–Crippen MR) is 129 cm³/mol. The van der Waals surface area contributed by atoms with Crippen LogP contribution in [0.2, 0.25) is 0 Å². The summed E-state index contributed by atoms with van der Waals surface area (Å²) in [6.07, 6.45) is 3.25. The molecule has 0 bridgehead atoms. The van der Waals surface area contributed by atoms with E-state index in [9.17, 15) is 0 Å². The summed E-state index contributed by atoms with van der Waals surface area (Å²) in [6.45, 7) is 10.8. The van der Waals surface area contributed by atoms with Crippen LogP contribution in [0.25, 0.3) is 0 Å². The highest BCUT2D eigenvalue weighted by Gasteiger charge is 2.24. The number of likely N-dealkylation sites (tertiary alicyclic amines) is 1. The van der Waals surface area contributed by atoms with Crippen molar-refractivity contribution in [1.29, 1.82) is 0 Å². The third-order valence-electron chi connectivity index (χ3n) is 4.85. The zero-order valence-corrected chi connectivity index (χ0v) is 20.7. The minimum atomic E-state index is 0. The molecule has 0 amide bonds. The van der Waals surface area contributed by atoms with E-state index in [4.69, 9.17) is 9.52 Å². The number of aromatic nitrogens is 2. The molecule has 0 spiro atoms. The van der Waals surface area contributed by atoms with E-state index in [1.807, 2.05) is 11.3 Å². The summed E-state index contributed by atoms with van der Waals surface area (Å²) in [5.74, 6) is 2.55. The molecule has 0 aliphatic carbocycles. The van der Waals surface area contributed by atoms with Gasteiger partial charge in [-0.05, 0) is 44.3 Å². The fourth-order valence-corrected chi connectivity index (χ4v) is 4.18. The van der Waals surface area contributed by atoms with Gasteiger partial charge in [0, 0.05) is 30.3 Å². The number of aliphatic imine (C=N–C) groups is 1. The molecule has 1 unspecified atom stereocenters. The van der Waals surface area contributed by atoms with Gasteiger partial charge in [0.05, 0.1) is 12.6 Å². The second-order valence-electron chi connectivity index (χ2n) is 7.37. The standard InChI is InChI=1S/C20H32N6OS.HI/c1-4-21-20(22-10-9-18-24-19(15(2)3)25-27-18)23-14-16(17-8-7-13-28-17)26-11-5-6-12-26;/h7-8,13,15-16H,4-6,9-12,14H2,1-3H3,(H2,21,22,23);1H. The Morgan fingerprint density at radius 2 is 2.10 bits per heavy atom. The molecule has 9 heteroatoms. The maximum absolute atomic E-state index is 5.32. The van der Waals surface area contributed by atoms with E-state index in [1.54, 1.807) is 0 Å². The first-order valence-corrected chi connectivity index (χ1v) is 11.2. The van der Waals surface area contributed by atoms with Crippen molar-refractivity contribution in [2.24, 2.45) is 4.99 Å². The van der Waals surface area contributed by atoms with Crippen molar-refractivity contribution in [3.63, 3.8) is 0 Å². The Labute approximate surface area is 194 Å². The van der Waals surface area contributed by atoms with Crippen LogP contribution in [-0.2, 0) is 6.42 Å². The molecule has 162 valence electrons. The third kappa shape index (κ3) is 7.21. The van der Waals surface area contributed by atoms with Crippen molar-refractivity contribution in [2.75, 3.05) is 32.7 Å². The summed E-state index contributed by atoms with van der Waals surface area (Å²) in [4.78, 5) is 13.3. The third-order valence-corrected chi connectivity index (χ3v) is 5.82. The topological polar surface area (TPSA) is 78.6 Å². The largest absolute Gasteiger partial charge is 0.357 e. The molecule has 3 heterocycles. The van der Waals surface area contributed by atoms with Crippen LogP contribution >= 0.6 is 35.3 Å². The highest BCUT2D eigenvalue weighted by atomic mass is 127. The Morgan fingerprint density at radius 3 is 2.72 bits per heavy atom. The number of halogens is 1. The predicted octanol–water partition coefficient (Wildman–Crippen LogP) is 3.81. The Hall–Kier alpha value is -1.20. The first-order valence-electron chi connectivity index (χ1n) is 10.3. The molecule has 7 nitrogen and oxygen atoms in total. The van der Waals surface area contributed by atoms with E-state index < -0.39 is 0 Å². The molecule has 0 aromatic carbocycles. The maximum Gasteiger partial charge on any atom is 0.228 e. The summed E-state index contributed by atoms with van der Waals surface area (Å²) in [5, 5.41) is 12.9. The number of nitrogens with one attached hydrogen (secondary N) is 2. The van der Waals surface area contributed by atoms with Crippen LogP contribution in [-0.4, -0.2) is 53.7 Å². The van der Waals surface area contributed by atoms with Crippen LogP contribution in [0, 0.1) is 0 Å². The van der Waals surface area contributed by atoms with Crippen molar-refractivity contribution in [1.82, 2.24) is 25.7 Å². The van der Waals surface area contributed by atoms with Crippen molar-refractivity contribution in [3.8, 4) is 0 Å². The van der Waals surface area contributed by atoms with Gasteiger partial charge in [0.2, 0.25) is 5.89 Å². The van der Waals surface area contributed by atoms with E-state index in [2.05, 4.69) is 64.0 Å². The van der Waals surface area contributed by atoms with Gasteiger partial charge >= 0.3 is 0 Å². The Bertz CT molecular complexity index is 727. The van der Waals surface area contributed by atoms with E-state index in [-0.39, 0.29) is 29.9 Å².